The monoisotopic (exact) mass is 437 g/mol. The maximum Gasteiger partial charge on any atom is 0.228 e. The molecule has 0 fully saturated rings. The van der Waals surface area contributed by atoms with Crippen molar-refractivity contribution in [1.29, 1.82) is 0 Å². The number of aromatic amines is 1. The van der Waals surface area contributed by atoms with Gasteiger partial charge in [0.2, 0.25) is 17.8 Å². The number of aromatic nitrogens is 5. The van der Waals surface area contributed by atoms with Crippen LogP contribution in [0.15, 0.2) is 67.0 Å². The van der Waals surface area contributed by atoms with Crippen molar-refractivity contribution in [3.05, 3.63) is 78.1 Å². The van der Waals surface area contributed by atoms with Crippen LogP contribution in [-0.2, 0) is 0 Å². The number of benzene rings is 2. The predicted molar refractivity (Wildman–Crippen MR) is 130 cm³/mol. The lowest BCUT2D eigenvalue weighted by atomic mass is 10.1. The van der Waals surface area contributed by atoms with E-state index in [1.165, 1.54) is 11.1 Å². The smallest absolute Gasteiger partial charge is 0.228 e. The first-order valence-electron chi connectivity index (χ1n) is 10.6. The summed E-state index contributed by atoms with van der Waals surface area (Å²) in [6, 6.07) is 17.4. The van der Waals surface area contributed by atoms with Crippen LogP contribution in [0.4, 0.5) is 17.6 Å². The van der Waals surface area contributed by atoms with Crippen LogP contribution in [0.3, 0.4) is 0 Å². The van der Waals surface area contributed by atoms with Crippen LogP contribution in [0.2, 0.25) is 0 Å². The fourth-order valence-corrected chi connectivity index (χ4v) is 3.52. The average Bonchev–Trinajstić information content (AvgIpc) is 3.26. The topological polar surface area (TPSA) is 101 Å². The second-order valence-corrected chi connectivity index (χ2v) is 7.61. The zero-order valence-electron chi connectivity index (χ0n) is 18.5. The van der Waals surface area contributed by atoms with E-state index >= 15 is 0 Å². The van der Waals surface area contributed by atoms with Crippen LogP contribution < -0.4 is 15.4 Å². The van der Waals surface area contributed by atoms with E-state index in [1.807, 2.05) is 42.5 Å². The lowest BCUT2D eigenvalue weighted by molar-refractivity contribution is 0.465. The maximum atomic E-state index is 6.08. The molecule has 0 unspecified atom stereocenters. The molecule has 5 rings (SSSR count). The number of anilines is 3. The molecule has 3 heterocycles. The van der Waals surface area contributed by atoms with Gasteiger partial charge >= 0.3 is 0 Å². The van der Waals surface area contributed by atoms with Crippen molar-refractivity contribution in [1.82, 2.24) is 24.9 Å². The Morgan fingerprint density at radius 1 is 0.879 bits per heavy atom. The number of rotatable bonds is 6. The molecule has 0 amide bonds. The minimum Gasteiger partial charge on any atom is -0.438 e. The number of fused-ring (bicyclic) bond motifs is 1. The summed E-state index contributed by atoms with van der Waals surface area (Å²) in [6.07, 6.45) is 3.40. The summed E-state index contributed by atoms with van der Waals surface area (Å²) in [6.45, 7) is 4.17. The van der Waals surface area contributed by atoms with Gasteiger partial charge < -0.3 is 20.4 Å². The van der Waals surface area contributed by atoms with Crippen molar-refractivity contribution in [2.24, 2.45) is 0 Å². The lowest BCUT2D eigenvalue weighted by Gasteiger charge is -2.11. The fourth-order valence-electron chi connectivity index (χ4n) is 3.52. The minimum absolute atomic E-state index is 0.474. The average molecular weight is 438 g/mol. The van der Waals surface area contributed by atoms with Gasteiger partial charge in [-0.2, -0.15) is 0 Å². The van der Waals surface area contributed by atoms with Crippen molar-refractivity contribution < 1.29 is 4.74 Å². The molecule has 0 atom stereocenters. The number of nitrogens with one attached hydrogen (secondary N) is 3. The Morgan fingerprint density at radius 2 is 1.73 bits per heavy atom. The van der Waals surface area contributed by atoms with E-state index in [0.29, 0.717) is 23.5 Å². The standard InChI is InChI=1S/C25H23N7O/c1-15-6-11-21-22(16(15)2)32-25(31-21)29-17-7-9-18(10-8-17)33-23-19(5-4-13-27-23)20-12-14-28-24(26-3)30-20/h4-14H,1-3H3,(H,26,28,30)(H2,29,31,32). The molecule has 5 aromatic rings. The van der Waals surface area contributed by atoms with Crippen LogP contribution in [0, 0.1) is 13.8 Å². The minimum atomic E-state index is 0.474. The molecular formula is C25H23N7O. The lowest BCUT2D eigenvalue weighted by Crippen LogP contribution is -1.98. The molecule has 0 spiro atoms. The summed E-state index contributed by atoms with van der Waals surface area (Å²) >= 11 is 0. The van der Waals surface area contributed by atoms with E-state index in [2.05, 4.69) is 56.5 Å². The van der Waals surface area contributed by atoms with Crippen molar-refractivity contribution in [3.8, 4) is 22.9 Å². The first-order valence-corrected chi connectivity index (χ1v) is 10.6. The molecule has 0 saturated heterocycles. The van der Waals surface area contributed by atoms with Gasteiger partial charge in [-0.3, -0.25) is 0 Å². The molecule has 0 radical (unpaired) electrons. The van der Waals surface area contributed by atoms with Crippen LogP contribution >= 0.6 is 0 Å². The zero-order chi connectivity index (χ0) is 22.8. The van der Waals surface area contributed by atoms with E-state index < -0.39 is 0 Å². The van der Waals surface area contributed by atoms with Gasteiger partial charge in [-0.15, -0.1) is 0 Å². The molecule has 33 heavy (non-hydrogen) atoms. The van der Waals surface area contributed by atoms with Crippen LogP contribution in [-0.4, -0.2) is 32.0 Å². The SMILES string of the molecule is CNc1nccc(-c2cccnc2Oc2ccc(Nc3nc4c(C)c(C)ccc4[nH]3)cc2)n1. The molecule has 0 saturated carbocycles. The van der Waals surface area contributed by atoms with Gasteiger partial charge in [-0.05, 0) is 73.5 Å². The highest BCUT2D eigenvalue weighted by Gasteiger charge is 2.11. The number of hydrogen-bond acceptors (Lipinski definition) is 7. The number of ether oxygens (including phenoxy) is 1. The highest BCUT2D eigenvalue weighted by molar-refractivity contribution is 5.82. The summed E-state index contributed by atoms with van der Waals surface area (Å²) in [4.78, 5) is 21.1. The van der Waals surface area contributed by atoms with Gasteiger partial charge in [0, 0.05) is 25.1 Å². The number of nitrogens with zero attached hydrogens (tertiary/aromatic N) is 4. The maximum absolute atomic E-state index is 6.08. The molecule has 8 nitrogen and oxygen atoms in total. The quantitative estimate of drug-likeness (QED) is 0.317. The van der Waals surface area contributed by atoms with Crippen molar-refractivity contribution in [3.63, 3.8) is 0 Å². The molecule has 3 N–H and O–H groups in total. The zero-order valence-corrected chi connectivity index (χ0v) is 18.5. The number of H-pyrrole nitrogens is 1. The third kappa shape index (κ3) is 4.18. The third-order valence-corrected chi connectivity index (χ3v) is 5.44. The largest absolute Gasteiger partial charge is 0.438 e. The van der Waals surface area contributed by atoms with Crippen molar-refractivity contribution in [2.45, 2.75) is 13.8 Å². The summed E-state index contributed by atoms with van der Waals surface area (Å²) in [5.41, 5.74) is 6.79. The number of hydrogen-bond donors (Lipinski definition) is 3. The van der Waals surface area contributed by atoms with E-state index in [9.17, 15) is 0 Å². The Labute approximate surface area is 191 Å². The molecule has 2 aromatic carbocycles. The predicted octanol–water partition coefficient (Wildman–Crippen LogP) is 5.61. The Balaban J connectivity index is 1.35. The molecule has 0 aliphatic heterocycles. The van der Waals surface area contributed by atoms with E-state index in [4.69, 9.17) is 9.72 Å². The molecule has 0 bridgehead atoms. The molecule has 8 heteroatoms. The molecule has 0 aliphatic carbocycles. The molecule has 0 aliphatic rings. The van der Waals surface area contributed by atoms with Gasteiger partial charge in [0.15, 0.2) is 0 Å². The van der Waals surface area contributed by atoms with Crippen LogP contribution in [0.5, 0.6) is 11.6 Å². The Bertz CT molecular complexity index is 1430. The number of aryl methyl sites for hydroxylation is 2. The van der Waals surface area contributed by atoms with Gasteiger partial charge in [0.25, 0.3) is 0 Å². The van der Waals surface area contributed by atoms with Crippen LogP contribution in [0.1, 0.15) is 11.1 Å². The van der Waals surface area contributed by atoms with Crippen LogP contribution in [0.25, 0.3) is 22.3 Å². The first kappa shape index (κ1) is 20.4. The Kier molecular flexibility index (Phi) is 5.32. The normalized spacial score (nSPS) is 10.9. The van der Waals surface area contributed by atoms with E-state index in [1.54, 1.807) is 19.4 Å². The highest BCUT2D eigenvalue weighted by Crippen LogP contribution is 2.31. The van der Waals surface area contributed by atoms with Crippen molar-refractivity contribution >= 4 is 28.6 Å². The van der Waals surface area contributed by atoms with E-state index in [0.717, 1.165) is 28.0 Å². The van der Waals surface area contributed by atoms with Gasteiger partial charge in [-0.25, -0.2) is 19.9 Å². The Morgan fingerprint density at radius 3 is 2.55 bits per heavy atom. The molecule has 3 aromatic heterocycles. The summed E-state index contributed by atoms with van der Waals surface area (Å²) < 4.78 is 6.08. The van der Waals surface area contributed by atoms with Gasteiger partial charge in [0.1, 0.15) is 5.75 Å². The summed E-state index contributed by atoms with van der Waals surface area (Å²) in [5.74, 6) is 2.37. The first-order chi connectivity index (χ1) is 16.1. The highest BCUT2D eigenvalue weighted by atomic mass is 16.5. The second-order valence-electron chi connectivity index (χ2n) is 7.61. The summed E-state index contributed by atoms with van der Waals surface area (Å²) in [7, 11) is 1.78. The number of imidazole rings is 1. The Hall–Kier alpha value is -4.46. The molecular weight excluding hydrogens is 414 g/mol. The van der Waals surface area contributed by atoms with Gasteiger partial charge in [0.05, 0.1) is 22.3 Å². The second kappa shape index (κ2) is 8.58. The third-order valence-electron chi connectivity index (χ3n) is 5.44. The summed E-state index contributed by atoms with van der Waals surface area (Å²) in [5, 5.41) is 6.27. The number of pyridine rings is 1. The van der Waals surface area contributed by atoms with Crippen molar-refractivity contribution in [2.75, 3.05) is 17.7 Å². The van der Waals surface area contributed by atoms with Gasteiger partial charge in [-0.1, -0.05) is 6.07 Å². The van der Waals surface area contributed by atoms with E-state index in [-0.39, 0.29) is 0 Å². The fraction of sp³-hybridized carbons (Fsp3) is 0.120. The molecule has 164 valence electrons.